The molecule has 2 N–H and O–H groups in total. The Hall–Kier alpha value is -2.67. The molecule has 3 rings (SSSR count). The third-order valence-electron chi connectivity index (χ3n) is 3.66. The Balaban J connectivity index is 1.92. The van der Waals surface area contributed by atoms with Crippen molar-refractivity contribution in [3.63, 3.8) is 0 Å². The minimum absolute atomic E-state index is 0.0557. The number of halogens is 1. The van der Waals surface area contributed by atoms with E-state index in [2.05, 4.69) is 4.98 Å². The Morgan fingerprint density at radius 1 is 1.35 bits per heavy atom. The van der Waals surface area contributed by atoms with Gasteiger partial charge in [-0.15, -0.1) is 0 Å². The molecule has 2 aromatic rings. The molecule has 0 spiro atoms. The van der Waals surface area contributed by atoms with Gasteiger partial charge in [0.1, 0.15) is 18.1 Å². The maximum Gasteiger partial charge on any atom is 0.412 e. The average molecular weight is 318 g/mol. The van der Waals surface area contributed by atoms with E-state index in [1.165, 1.54) is 12.1 Å². The van der Waals surface area contributed by atoms with E-state index in [-0.39, 0.29) is 24.9 Å². The van der Waals surface area contributed by atoms with Crippen LogP contribution in [0.15, 0.2) is 36.5 Å². The highest BCUT2D eigenvalue weighted by Crippen LogP contribution is 2.33. The van der Waals surface area contributed by atoms with Gasteiger partial charge in [0.25, 0.3) is 0 Å². The number of amides is 1. The van der Waals surface area contributed by atoms with Crippen molar-refractivity contribution in [1.29, 1.82) is 0 Å². The number of hydrogen-bond donors (Lipinski definition) is 2. The van der Waals surface area contributed by atoms with Crippen LogP contribution >= 0.6 is 0 Å². The number of fused-ring (bicyclic) bond motifs is 1. The number of aromatic nitrogens is 1. The van der Waals surface area contributed by atoms with Gasteiger partial charge < -0.3 is 14.9 Å². The summed E-state index contributed by atoms with van der Waals surface area (Å²) in [5.74, 6) is -0.0893. The van der Waals surface area contributed by atoms with Crippen molar-refractivity contribution in [3.05, 3.63) is 53.5 Å². The van der Waals surface area contributed by atoms with Crippen molar-refractivity contribution >= 4 is 11.8 Å². The van der Waals surface area contributed by atoms with Crippen LogP contribution in [0.1, 0.15) is 11.1 Å². The maximum absolute atomic E-state index is 12.9. The SMILES string of the molecule is O=C(O)N1c2cc(Cc3ccc(F)cc3)cnc2OCC1CO. The first-order valence-corrected chi connectivity index (χ1v) is 7.07. The summed E-state index contributed by atoms with van der Waals surface area (Å²) in [4.78, 5) is 16.7. The van der Waals surface area contributed by atoms with E-state index in [9.17, 15) is 19.4 Å². The number of benzene rings is 1. The molecule has 120 valence electrons. The predicted molar refractivity (Wildman–Crippen MR) is 80.3 cm³/mol. The fourth-order valence-corrected chi connectivity index (χ4v) is 2.54. The molecule has 0 saturated heterocycles. The van der Waals surface area contributed by atoms with Gasteiger partial charge in [-0.2, -0.15) is 0 Å². The lowest BCUT2D eigenvalue weighted by molar-refractivity contribution is 0.161. The zero-order valence-electron chi connectivity index (χ0n) is 12.1. The molecule has 6 nitrogen and oxygen atoms in total. The summed E-state index contributed by atoms with van der Waals surface area (Å²) in [5, 5.41) is 18.7. The third-order valence-corrected chi connectivity index (χ3v) is 3.66. The van der Waals surface area contributed by atoms with Crippen LogP contribution in [0.2, 0.25) is 0 Å². The number of ether oxygens (including phenoxy) is 1. The summed E-state index contributed by atoms with van der Waals surface area (Å²) in [5.41, 5.74) is 1.96. The molecule has 0 radical (unpaired) electrons. The van der Waals surface area contributed by atoms with Crippen molar-refractivity contribution in [2.75, 3.05) is 18.1 Å². The molecule has 0 saturated carbocycles. The number of nitrogens with zero attached hydrogens (tertiary/aromatic N) is 2. The molecule has 1 aromatic heterocycles. The monoisotopic (exact) mass is 318 g/mol. The van der Waals surface area contributed by atoms with Gasteiger partial charge in [-0.3, -0.25) is 4.90 Å². The van der Waals surface area contributed by atoms with Gasteiger partial charge in [0.2, 0.25) is 5.88 Å². The van der Waals surface area contributed by atoms with Gasteiger partial charge in [-0.1, -0.05) is 12.1 Å². The molecule has 0 aliphatic carbocycles. The highest BCUT2D eigenvalue weighted by Gasteiger charge is 2.33. The van der Waals surface area contributed by atoms with Crippen molar-refractivity contribution in [1.82, 2.24) is 4.98 Å². The first-order valence-electron chi connectivity index (χ1n) is 7.07. The van der Waals surface area contributed by atoms with Crippen molar-refractivity contribution < 1.29 is 24.1 Å². The van der Waals surface area contributed by atoms with Crippen LogP contribution in [0, 0.1) is 5.82 Å². The van der Waals surface area contributed by atoms with E-state index in [4.69, 9.17) is 4.74 Å². The molecular formula is C16H15FN2O4. The first-order chi connectivity index (χ1) is 11.1. The fourth-order valence-electron chi connectivity index (χ4n) is 2.54. The summed E-state index contributed by atoms with van der Waals surface area (Å²) < 4.78 is 18.4. The zero-order valence-corrected chi connectivity index (χ0v) is 12.1. The number of carboxylic acid groups (broad SMARTS) is 1. The van der Waals surface area contributed by atoms with Gasteiger partial charge >= 0.3 is 6.09 Å². The normalized spacial score (nSPS) is 16.6. The quantitative estimate of drug-likeness (QED) is 0.905. The van der Waals surface area contributed by atoms with Crippen molar-refractivity contribution in [2.24, 2.45) is 0 Å². The Morgan fingerprint density at radius 3 is 2.74 bits per heavy atom. The largest absolute Gasteiger partial charge is 0.474 e. The Labute approximate surface area is 131 Å². The second kappa shape index (κ2) is 6.21. The minimum Gasteiger partial charge on any atom is -0.474 e. The van der Waals surface area contributed by atoms with Gasteiger partial charge in [-0.05, 0) is 35.7 Å². The van der Waals surface area contributed by atoms with E-state index >= 15 is 0 Å². The topological polar surface area (TPSA) is 82.9 Å². The molecule has 1 amide bonds. The number of anilines is 1. The predicted octanol–water partition coefficient (Wildman–Crippen LogP) is 2.05. The van der Waals surface area contributed by atoms with Crippen LogP contribution in [-0.2, 0) is 6.42 Å². The Bertz CT molecular complexity index is 721. The van der Waals surface area contributed by atoms with Crippen LogP contribution < -0.4 is 9.64 Å². The Kier molecular flexibility index (Phi) is 4.12. The number of aliphatic hydroxyl groups excluding tert-OH is 1. The first kappa shape index (κ1) is 15.2. The molecular weight excluding hydrogens is 303 g/mol. The van der Waals surface area contributed by atoms with Crippen LogP contribution in [0.25, 0.3) is 0 Å². The van der Waals surface area contributed by atoms with Crippen molar-refractivity contribution in [2.45, 2.75) is 12.5 Å². The van der Waals surface area contributed by atoms with Crippen LogP contribution in [0.5, 0.6) is 5.88 Å². The Morgan fingerprint density at radius 2 is 2.09 bits per heavy atom. The average Bonchev–Trinajstić information content (AvgIpc) is 2.55. The summed E-state index contributed by atoms with van der Waals surface area (Å²) in [6.07, 6.45) is 0.911. The lowest BCUT2D eigenvalue weighted by atomic mass is 10.1. The number of carbonyl (C=O) groups is 1. The minimum atomic E-state index is -1.17. The van der Waals surface area contributed by atoms with Gasteiger partial charge in [0.05, 0.1) is 12.6 Å². The molecule has 1 aromatic carbocycles. The lowest BCUT2D eigenvalue weighted by Gasteiger charge is -2.33. The molecule has 1 aliphatic rings. The maximum atomic E-state index is 12.9. The van der Waals surface area contributed by atoms with Gasteiger partial charge in [0, 0.05) is 6.20 Å². The van der Waals surface area contributed by atoms with Gasteiger partial charge in [-0.25, -0.2) is 14.2 Å². The highest BCUT2D eigenvalue weighted by atomic mass is 19.1. The molecule has 1 aliphatic heterocycles. The molecule has 23 heavy (non-hydrogen) atoms. The van der Waals surface area contributed by atoms with E-state index in [0.29, 0.717) is 12.1 Å². The fraction of sp³-hybridized carbons (Fsp3) is 0.250. The summed E-state index contributed by atoms with van der Waals surface area (Å²) in [7, 11) is 0. The van der Waals surface area contributed by atoms with E-state index in [1.807, 2.05) is 0 Å². The second-order valence-corrected chi connectivity index (χ2v) is 5.27. The van der Waals surface area contributed by atoms with E-state index in [1.54, 1.807) is 24.4 Å². The van der Waals surface area contributed by atoms with Gasteiger partial charge in [0.15, 0.2) is 0 Å². The summed E-state index contributed by atoms with van der Waals surface area (Å²) >= 11 is 0. The van der Waals surface area contributed by atoms with E-state index in [0.717, 1.165) is 16.0 Å². The molecule has 0 fully saturated rings. The summed E-state index contributed by atoms with van der Waals surface area (Å²) in [6.45, 7) is -0.284. The highest BCUT2D eigenvalue weighted by molar-refractivity contribution is 5.89. The molecule has 7 heteroatoms. The van der Waals surface area contributed by atoms with Crippen LogP contribution in [-0.4, -0.2) is 40.5 Å². The van der Waals surface area contributed by atoms with Crippen LogP contribution in [0.3, 0.4) is 0 Å². The zero-order chi connectivity index (χ0) is 16.4. The van der Waals surface area contributed by atoms with Crippen LogP contribution in [0.4, 0.5) is 14.9 Å². The second-order valence-electron chi connectivity index (χ2n) is 5.27. The standard InChI is InChI=1S/C16H15FN2O4/c17-12-3-1-10(2-4-12)5-11-6-14-15(18-7-11)23-9-13(8-20)19(14)16(21)22/h1-4,6-7,13,20H,5,8-9H2,(H,21,22). The number of aliphatic hydroxyl groups is 1. The molecule has 1 unspecified atom stereocenters. The smallest absolute Gasteiger partial charge is 0.412 e. The molecule has 1 atom stereocenters. The molecule has 0 bridgehead atoms. The number of pyridine rings is 1. The number of hydrogen-bond acceptors (Lipinski definition) is 4. The number of rotatable bonds is 3. The van der Waals surface area contributed by atoms with Crippen molar-refractivity contribution in [3.8, 4) is 5.88 Å². The lowest BCUT2D eigenvalue weighted by Crippen LogP contribution is -2.48. The van der Waals surface area contributed by atoms with E-state index < -0.39 is 12.1 Å². The molecule has 2 heterocycles. The third kappa shape index (κ3) is 3.09. The summed E-state index contributed by atoms with van der Waals surface area (Å²) in [6, 6.07) is 7.07.